The topological polar surface area (TPSA) is 0 Å². The van der Waals surface area contributed by atoms with Crippen LogP contribution in [0.5, 0.6) is 0 Å². The summed E-state index contributed by atoms with van der Waals surface area (Å²) in [6.45, 7) is 0. The normalized spacial score (nSPS) is 12.5. The van der Waals surface area contributed by atoms with Crippen molar-refractivity contribution in [1.29, 1.82) is 0 Å². The Morgan fingerprint density at radius 3 is 2.24 bits per heavy atom. The first-order chi connectivity index (χ1) is 8.43. The van der Waals surface area contributed by atoms with Gasteiger partial charge in [0.25, 0.3) is 0 Å². The lowest BCUT2D eigenvalue weighted by molar-refractivity contribution is 1.40. The van der Waals surface area contributed by atoms with Crippen LogP contribution in [0.4, 0.5) is 0 Å². The third kappa shape index (κ3) is 1.26. The molecule has 1 heterocycles. The average molecular weight is 234 g/mol. The largest absolute Gasteiger partial charge is 0.0888 e. The summed E-state index contributed by atoms with van der Waals surface area (Å²) in [4.78, 5) is 2.73. The maximum Gasteiger partial charge on any atom is 0.0207 e. The monoisotopic (exact) mass is 234 g/mol. The van der Waals surface area contributed by atoms with E-state index in [4.69, 9.17) is 0 Å². The Morgan fingerprint density at radius 2 is 1.29 bits per heavy atom. The lowest BCUT2D eigenvalue weighted by Gasteiger charge is -2.19. The predicted octanol–water partition coefficient (Wildman–Crippen LogP) is 4.97. The number of fused-ring (bicyclic) bond motifs is 2. The second-order valence-corrected chi connectivity index (χ2v) is 5.34. The second-order valence-electron chi connectivity index (χ2n) is 4.26. The summed E-state index contributed by atoms with van der Waals surface area (Å²) >= 11 is 1.87. The Kier molecular flexibility index (Phi) is 1.85. The van der Waals surface area contributed by atoms with Crippen molar-refractivity contribution < 1.29 is 0 Å². The smallest absolute Gasteiger partial charge is 0.0207 e. The van der Waals surface area contributed by atoms with Crippen molar-refractivity contribution >= 4 is 22.5 Å². The zero-order valence-corrected chi connectivity index (χ0v) is 10.00. The van der Waals surface area contributed by atoms with Gasteiger partial charge in [-0.05, 0) is 28.6 Å². The first kappa shape index (κ1) is 9.32. The summed E-state index contributed by atoms with van der Waals surface area (Å²) in [6.07, 6.45) is 0. The van der Waals surface area contributed by atoms with Crippen molar-refractivity contribution in [2.75, 3.05) is 0 Å². The molecule has 0 atom stereocenters. The van der Waals surface area contributed by atoms with Crippen LogP contribution < -0.4 is 0 Å². The van der Waals surface area contributed by atoms with Crippen molar-refractivity contribution in [3.05, 3.63) is 60.7 Å². The van der Waals surface area contributed by atoms with Crippen molar-refractivity contribution in [3.63, 3.8) is 0 Å². The molecule has 80 valence electrons. The lowest BCUT2D eigenvalue weighted by atomic mass is 9.98. The third-order valence-electron chi connectivity index (χ3n) is 3.26. The van der Waals surface area contributed by atoms with Gasteiger partial charge in [0.15, 0.2) is 0 Å². The van der Waals surface area contributed by atoms with Gasteiger partial charge in [-0.25, -0.2) is 0 Å². The van der Waals surface area contributed by atoms with Crippen LogP contribution in [0.2, 0.25) is 0 Å². The van der Waals surface area contributed by atoms with Gasteiger partial charge in [0.05, 0.1) is 0 Å². The van der Waals surface area contributed by atoms with E-state index in [0.29, 0.717) is 0 Å². The maximum absolute atomic E-state index is 2.23. The fourth-order valence-electron chi connectivity index (χ4n) is 2.51. The Balaban J connectivity index is 2.22. The van der Waals surface area contributed by atoms with Gasteiger partial charge in [0, 0.05) is 15.2 Å². The maximum atomic E-state index is 2.23. The van der Waals surface area contributed by atoms with Crippen molar-refractivity contribution in [1.82, 2.24) is 0 Å². The molecule has 1 aliphatic rings. The molecule has 0 aromatic heterocycles. The van der Waals surface area contributed by atoms with Crippen molar-refractivity contribution in [2.24, 2.45) is 0 Å². The van der Waals surface area contributed by atoms with Crippen molar-refractivity contribution in [2.45, 2.75) is 9.79 Å². The van der Waals surface area contributed by atoms with E-state index in [-0.39, 0.29) is 0 Å². The molecule has 0 amide bonds. The Labute approximate surface area is 104 Å². The van der Waals surface area contributed by atoms with E-state index in [1.54, 1.807) is 0 Å². The Bertz CT molecular complexity index is 723. The Hall–Kier alpha value is -1.73. The average Bonchev–Trinajstić information content (AvgIpc) is 2.39. The molecule has 0 fully saturated rings. The Morgan fingerprint density at radius 1 is 0.588 bits per heavy atom. The fourth-order valence-corrected chi connectivity index (χ4v) is 3.66. The minimum Gasteiger partial charge on any atom is -0.0888 e. The first-order valence-electron chi connectivity index (χ1n) is 5.72. The highest BCUT2D eigenvalue weighted by Gasteiger charge is 2.17. The molecule has 0 bridgehead atoms. The van der Waals surface area contributed by atoms with E-state index in [1.165, 1.54) is 31.7 Å². The molecule has 0 nitrogen and oxygen atoms in total. The molecule has 4 rings (SSSR count). The van der Waals surface area contributed by atoms with Gasteiger partial charge >= 0.3 is 0 Å². The van der Waals surface area contributed by atoms with E-state index >= 15 is 0 Å². The zero-order valence-electron chi connectivity index (χ0n) is 9.18. The van der Waals surface area contributed by atoms with Gasteiger partial charge in [0.2, 0.25) is 0 Å². The van der Waals surface area contributed by atoms with Gasteiger partial charge < -0.3 is 0 Å². The molecule has 17 heavy (non-hydrogen) atoms. The van der Waals surface area contributed by atoms with Crippen molar-refractivity contribution in [3.8, 4) is 11.1 Å². The lowest BCUT2D eigenvalue weighted by Crippen LogP contribution is -1.91. The van der Waals surface area contributed by atoms with Gasteiger partial charge in [-0.2, -0.15) is 0 Å². The van der Waals surface area contributed by atoms with Crippen LogP contribution in [-0.4, -0.2) is 0 Å². The molecule has 0 saturated carbocycles. The van der Waals surface area contributed by atoms with E-state index in [9.17, 15) is 0 Å². The standard InChI is InChI=1S/C16H10S/c1-2-9-14-12(7-1)13-8-3-5-11-6-4-10-15(17-14)16(11)13/h1-10H. The van der Waals surface area contributed by atoms with Gasteiger partial charge in [0.1, 0.15) is 0 Å². The molecule has 1 heteroatoms. The second kappa shape index (κ2) is 3.38. The van der Waals surface area contributed by atoms with Crippen LogP contribution in [0, 0.1) is 0 Å². The highest BCUT2D eigenvalue weighted by molar-refractivity contribution is 7.99. The quantitative estimate of drug-likeness (QED) is 0.414. The summed E-state index contributed by atoms with van der Waals surface area (Å²) < 4.78 is 0. The molecule has 0 radical (unpaired) electrons. The molecule has 0 aliphatic carbocycles. The van der Waals surface area contributed by atoms with Crippen LogP contribution in [-0.2, 0) is 0 Å². The van der Waals surface area contributed by atoms with E-state index in [0.717, 1.165) is 0 Å². The van der Waals surface area contributed by atoms with Gasteiger partial charge in [-0.15, -0.1) is 0 Å². The highest BCUT2D eigenvalue weighted by Crippen LogP contribution is 2.47. The number of hydrogen-bond acceptors (Lipinski definition) is 1. The van der Waals surface area contributed by atoms with E-state index in [1.807, 2.05) is 11.8 Å². The highest BCUT2D eigenvalue weighted by atomic mass is 32.2. The number of rotatable bonds is 0. The first-order valence-corrected chi connectivity index (χ1v) is 6.54. The van der Waals surface area contributed by atoms with Crippen LogP contribution >= 0.6 is 11.8 Å². The molecule has 0 unspecified atom stereocenters. The van der Waals surface area contributed by atoms with E-state index < -0.39 is 0 Å². The molecule has 0 N–H and O–H groups in total. The summed E-state index contributed by atoms with van der Waals surface area (Å²) in [5, 5.41) is 2.74. The molecule has 3 aromatic carbocycles. The summed E-state index contributed by atoms with van der Waals surface area (Å²) in [5.74, 6) is 0. The third-order valence-corrected chi connectivity index (χ3v) is 4.40. The van der Waals surface area contributed by atoms with Crippen LogP contribution in [0.3, 0.4) is 0 Å². The molecular formula is C16H10S. The molecular weight excluding hydrogens is 224 g/mol. The van der Waals surface area contributed by atoms with E-state index in [2.05, 4.69) is 60.7 Å². The molecule has 3 aromatic rings. The van der Waals surface area contributed by atoms with Crippen LogP contribution in [0.25, 0.3) is 21.9 Å². The number of benzene rings is 3. The summed E-state index contributed by atoms with van der Waals surface area (Å²) in [6, 6.07) is 21.8. The SMILES string of the molecule is c1ccc2c(c1)Sc1cccc3cccc-2c13. The predicted molar refractivity (Wildman–Crippen MR) is 73.5 cm³/mol. The minimum absolute atomic E-state index is 1.34. The molecule has 0 saturated heterocycles. The molecule has 0 spiro atoms. The number of hydrogen-bond donors (Lipinski definition) is 0. The molecule has 1 aliphatic heterocycles. The van der Waals surface area contributed by atoms with Crippen LogP contribution in [0.15, 0.2) is 70.5 Å². The van der Waals surface area contributed by atoms with Crippen LogP contribution in [0.1, 0.15) is 0 Å². The summed E-state index contributed by atoms with van der Waals surface area (Å²) in [7, 11) is 0. The fraction of sp³-hybridized carbons (Fsp3) is 0. The minimum atomic E-state index is 1.34. The zero-order chi connectivity index (χ0) is 11.2. The van der Waals surface area contributed by atoms with Gasteiger partial charge in [-0.1, -0.05) is 60.3 Å². The summed E-state index contributed by atoms with van der Waals surface area (Å²) in [5.41, 5.74) is 2.73. The van der Waals surface area contributed by atoms with Gasteiger partial charge in [-0.3, -0.25) is 0 Å².